The van der Waals surface area contributed by atoms with E-state index in [1.54, 1.807) is 31.2 Å². The number of nitrogens with one attached hydrogen (secondary N) is 2. The molecule has 0 atom stereocenters. The number of hydrogen-bond donors (Lipinski definition) is 2. The van der Waals surface area contributed by atoms with E-state index in [0.717, 1.165) is 33.8 Å². The number of hydrogen-bond acceptors (Lipinski definition) is 5. The SMILES string of the molecule is CCS(=O)(=O)Nc1cc2oc(-c3ccc(F)cc3)c(C(=O)NC)c2cc1-c1cccc(-c2cc3ccccc3n2COCC[Si](C)(C)C)c1. The van der Waals surface area contributed by atoms with E-state index in [-0.39, 0.29) is 17.1 Å². The molecule has 2 N–H and O–H groups in total. The predicted octanol–water partition coefficient (Wildman–Crippen LogP) is 8.96. The highest BCUT2D eigenvalue weighted by atomic mass is 32.2. The number of carbonyl (C=O) groups excluding carboxylic acids is 1. The molecule has 0 aliphatic carbocycles. The van der Waals surface area contributed by atoms with Crippen molar-refractivity contribution in [3.05, 3.63) is 102 Å². The third-order valence-corrected chi connectivity index (χ3v) is 11.5. The summed E-state index contributed by atoms with van der Waals surface area (Å²) < 4.78 is 57.0. The molecule has 1 amide bonds. The number of benzene rings is 4. The Balaban J connectivity index is 1.51. The van der Waals surface area contributed by atoms with Gasteiger partial charge in [-0.3, -0.25) is 9.52 Å². The van der Waals surface area contributed by atoms with Crippen molar-refractivity contribution in [3.63, 3.8) is 0 Å². The van der Waals surface area contributed by atoms with E-state index in [1.807, 2.05) is 36.4 Å². The molecule has 0 bridgehead atoms. The quantitative estimate of drug-likeness (QED) is 0.0982. The predicted molar refractivity (Wildman–Crippen MR) is 199 cm³/mol. The van der Waals surface area contributed by atoms with Crippen molar-refractivity contribution < 1.29 is 26.8 Å². The molecule has 254 valence electrons. The van der Waals surface area contributed by atoms with E-state index in [2.05, 4.69) is 52.4 Å². The van der Waals surface area contributed by atoms with Crippen molar-refractivity contribution in [1.82, 2.24) is 9.88 Å². The van der Waals surface area contributed by atoms with Gasteiger partial charge < -0.3 is 19.0 Å². The summed E-state index contributed by atoms with van der Waals surface area (Å²) in [5.74, 6) is -0.691. The lowest BCUT2D eigenvalue weighted by Crippen LogP contribution is -2.22. The Hall–Kier alpha value is -4.71. The topological polar surface area (TPSA) is 103 Å². The van der Waals surface area contributed by atoms with Crippen molar-refractivity contribution >= 4 is 51.6 Å². The van der Waals surface area contributed by atoms with Crippen LogP contribution in [0.4, 0.5) is 10.1 Å². The van der Waals surface area contributed by atoms with Crippen molar-refractivity contribution in [3.8, 4) is 33.7 Å². The minimum absolute atomic E-state index is 0.134. The number of sulfonamides is 1. The maximum absolute atomic E-state index is 13.8. The van der Waals surface area contributed by atoms with Gasteiger partial charge in [-0.15, -0.1) is 0 Å². The van der Waals surface area contributed by atoms with Gasteiger partial charge in [-0.2, -0.15) is 0 Å². The van der Waals surface area contributed by atoms with Gasteiger partial charge in [-0.1, -0.05) is 56.0 Å². The molecule has 0 aliphatic heterocycles. The van der Waals surface area contributed by atoms with Crippen LogP contribution in [-0.2, 0) is 21.5 Å². The van der Waals surface area contributed by atoms with Gasteiger partial charge in [0.25, 0.3) is 5.91 Å². The van der Waals surface area contributed by atoms with Crippen LogP contribution in [0, 0.1) is 5.82 Å². The van der Waals surface area contributed by atoms with Gasteiger partial charge in [0.2, 0.25) is 10.0 Å². The molecule has 0 spiro atoms. The van der Waals surface area contributed by atoms with Gasteiger partial charge >= 0.3 is 0 Å². The molecular formula is C38H40FN3O5SSi. The highest BCUT2D eigenvalue weighted by Crippen LogP contribution is 2.41. The second-order valence-corrected chi connectivity index (χ2v) is 20.9. The molecule has 11 heteroatoms. The van der Waals surface area contributed by atoms with Gasteiger partial charge in [0.05, 0.1) is 28.2 Å². The van der Waals surface area contributed by atoms with E-state index in [0.29, 0.717) is 41.1 Å². The fraction of sp³-hybridized carbons (Fsp3) is 0.237. The van der Waals surface area contributed by atoms with E-state index in [1.165, 1.54) is 19.2 Å². The first kappa shape index (κ1) is 34.2. The lowest BCUT2D eigenvalue weighted by Gasteiger charge is -2.17. The molecule has 0 radical (unpaired) electrons. The summed E-state index contributed by atoms with van der Waals surface area (Å²) in [6, 6.07) is 28.3. The molecule has 2 aromatic heterocycles. The maximum atomic E-state index is 13.8. The number of halogens is 1. The van der Waals surface area contributed by atoms with Crippen LogP contribution < -0.4 is 10.0 Å². The number of fused-ring (bicyclic) bond motifs is 2. The number of carbonyl (C=O) groups is 1. The van der Waals surface area contributed by atoms with E-state index in [9.17, 15) is 17.6 Å². The third kappa shape index (κ3) is 7.34. The number of para-hydroxylation sites is 1. The first-order chi connectivity index (χ1) is 23.4. The van der Waals surface area contributed by atoms with Crippen LogP contribution in [0.15, 0.2) is 95.4 Å². The number of nitrogens with zero attached hydrogens (tertiary/aromatic N) is 1. The van der Waals surface area contributed by atoms with Gasteiger partial charge in [-0.05, 0) is 72.6 Å². The van der Waals surface area contributed by atoms with Crippen LogP contribution in [0.3, 0.4) is 0 Å². The normalized spacial score (nSPS) is 12.1. The number of ether oxygens (including phenoxy) is 1. The van der Waals surface area contributed by atoms with Crippen molar-refractivity contribution in [2.75, 3.05) is 24.1 Å². The standard InChI is InChI=1S/C38H40FN3O5SSi/c1-6-48(44,45)41-32-23-35-31(36(38(43)40-2)37(47-35)25-14-16-29(39)17-15-25)22-30(32)26-11-9-12-27(20-26)34-21-28-10-7-8-13-33(28)42(34)24-46-18-19-49(3,4)5/h7-17,20-23,41H,6,18-19,24H2,1-5H3,(H,40,43). The summed E-state index contributed by atoms with van der Waals surface area (Å²) in [5, 5.41) is 4.25. The first-order valence-electron chi connectivity index (χ1n) is 16.2. The Bertz CT molecular complexity index is 2270. The molecule has 0 saturated heterocycles. The fourth-order valence-electron chi connectivity index (χ4n) is 5.83. The zero-order chi connectivity index (χ0) is 34.9. The van der Waals surface area contributed by atoms with Gasteiger partial charge in [0, 0.05) is 49.7 Å². The molecule has 0 saturated carbocycles. The number of aromatic nitrogens is 1. The number of rotatable bonds is 12. The summed E-state index contributed by atoms with van der Waals surface area (Å²) in [4.78, 5) is 13.3. The fourth-order valence-corrected chi connectivity index (χ4v) is 7.23. The molecule has 2 heterocycles. The lowest BCUT2D eigenvalue weighted by molar-refractivity contribution is 0.0912. The van der Waals surface area contributed by atoms with Crippen LogP contribution in [-0.4, -0.2) is 46.4 Å². The summed E-state index contributed by atoms with van der Waals surface area (Å²) in [5.41, 5.74) is 5.62. The van der Waals surface area contributed by atoms with Crippen LogP contribution in [0.1, 0.15) is 17.3 Å². The largest absolute Gasteiger partial charge is 0.455 e. The van der Waals surface area contributed by atoms with Gasteiger partial charge in [0.15, 0.2) is 0 Å². The highest BCUT2D eigenvalue weighted by molar-refractivity contribution is 7.92. The summed E-state index contributed by atoms with van der Waals surface area (Å²) in [6.45, 7) is 9.62. The molecule has 49 heavy (non-hydrogen) atoms. The molecular weight excluding hydrogens is 658 g/mol. The second kappa shape index (κ2) is 13.7. The summed E-state index contributed by atoms with van der Waals surface area (Å²) in [6.07, 6.45) is 0. The Kier molecular flexibility index (Phi) is 9.52. The number of anilines is 1. The monoisotopic (exact) mass is 697 g/mol. The second-order valence-electron chi connectivity index (χ2n) is 13.2. The minimum atomic E-state index is -3.69. The maximum Gasteiger partial charge on any atom is 0.255 e. The molecule has 6 aromatic rings. The zero-order valence-electron chi connectivity index (χ0n) is 28.3. The molecule has 0 fully saturated rings. The van der Waals surface area contributed by atoms with E-state index < -0.39 is 29.8 Å². The first-order valence-corrected chi connectivity index (χ1v) is 21.6. The van der Waals surface area contributed by atoms with E-state index in [4.69, 9.17) is 9.15 Å². The number of furan rings is 1. The van der Waals surface area contributed by atoms with Gasteiger partial charge in [-0.25, -0.2) is 12.8 Å². The highest BCUT2D eigenvalue weighted by Gasteiger charge is 2.25. The van der Waals surface area contributed by atoms with E-state index >= 15 is 0 Å². The minimum Gasteiger partial charge on any atom is -0.455 e. The lowest BCUT2D eigenvalue weighted by atomic mass is 9.97. The third-order valence-electron chi connectivity index (χ3n) is 8.53. The average Bonchev–Trinajstić information content (AvgIpc) is 3.64. The van der Waals surface area contributed by atoms with Crippen molar-refractivity contribution in [1.29, 1.82) is 0 Å². The molecule has 8 nitrogen and oxygen atoms in total. The Labute approximate surface area is 287 Å². The molecule has 4 aromatic carbocycles. The molecule has 6 rings (SSSR count). The molecule has 0 aliphatic rings. The molecule has 0 unspecified atom stereocenters. The van der Waals surface area contributed by atoms with Crippen LogP contribution in [0.2, 0.25) is 25.7 Å². The zero-order valence-corrected chi connectivity index (χ0v) is 30.1. The summed E-state index contributed by atoms with van der Waals surface area (Å²) >= 11 is 0. The van der Waals surface area contributed by atoms with Gasteiger partial charge in [0.1, 0.15) is 23.9 Å². The van der Waals surface area contributed by atoms with Crippen LogP contribution in [0.25, 0.3) is 55.6 Å². The summed E-state index contributed by atoms with van der Waals surface area (Å²) in [7, 11) is -3.43. The van der Waals surface area contributed by atoms with Crippen LogP contribution in [0.5, 0.6) is 0 Å². The number of amides is 1. The Morgan fingerprint density at radius 3 is 2.37 bits per heavy atom. The average molecular weight is 698 g/mol. The Morgan fingerprint density at radius 2 is 1.65 bits per heavy atom. The van der Waals surface area contributed by atoms with Crippen LogP contribution >= 0.6 is 0 Å². The van der Waals surface area contributed by atoms with Crippen molar-refractivity contribution in [2.45, 2.75) is 39.3 Å². The smallest absolute Gasteiger partial charge is 0.255 e. The van der Waals surface area contributed by atoms with Crippen molar-refractivity contribution in [2.24, 2.45) is 0 Å². The Morgan fingerprint density at radius 1 is 0.918 bits per heavy atom.